The smallest absolute Gasteiger partial charge is 0.408 e. The molecule has 0 spiro atoms. The van der Waals surface area contributed by atoms with E-state index in [0.717, 1.165) is 0 Å². The second-order valence-corrected chi connectivity index (χ2v) is 7.43. The molecule has 1 aliphatic rings. The van der Waals surface area contributed by atoms with Crippen molar-refractivity contribution in [2.24, 2.45) is 0 Å². The van der Waals surface area contributed by atoms with Crippen LogP contribution in [0, 0.1) is 10.1 Å². The predicted molar refractivity (Wildman–Crippen MR) is 98.7 cm³/mol. The summed E-state index contributed by atoms with van der Waals surface area (Å²) >= 11 is 0. The van der Waals surface area contributed by atoms with Gasteiger partial charge in [-0.2, -0.15) is 0 Å². The average Bonchev–Trinajstić information content (AvgIpc) is 2.59. The first-order valence-corrected chi connectivity index (χ1v) is 8.66. The number of nitrogens with one attached hydrogen (secondary N) is 1. The largest absolute Gasteiger partial charge is 0.467 e. The molecular formula is C18H25N3O6. The third-order valence-corrected chi connectivity index (χ3v) is 4.35. The molecule has 148 valence electrons. The lowest BCUT2D eigenvalue weighted by Crippen LogP contribution is -2.61. The maximum Gasteiger partial charge on any atom is 0.408 e. The van der Waals surface area contributed by atoms with Gasteiger partial charge in [-0.05, 0) is 39.7 Å². The van der Waals surface area contributed by atoms with E-state index in [0.29, 0.717) is 18.8 Å². The van der Waals surface area contributed by atoms with E-state index in [2.05, 4.69) is 5.32 Å². The topological polar surface area (TPSA) is 111 Å². The molecule has 1 aliphatic heterocycles. The summed E-state index contributed by atoms with van der Waals surface area (Å²) in [6.07, 6.45) is -0.220. The standard InChI is InChI=1S/C18H25N3O6/c1-17(2,3)27-16(23)19-18(15(22)26-4)9-11-20(12-10-18)13-7-5-6-8-14(13)21(24)25/h5-8H,9-12H2,1-4H3,(H,19,23). The van der Waals surface area contributed by atoms with Gasteiger partial charge in [-0.15, -0.1) is 0 Å². The highest BCUT2D eigenvalue weighted by atomic mass is 16.6. The lowest BCUT2D eigenvalue weighted by molar-refractivity contribution is -0.384. The predicted octanol–water partition coefficient (Wildman–Crippen LogP) is 2.63. The number of nitrogens with zero attached hydrogens (tertiary/aromatic N) is 2. The van der Waals surface area contributed by atoms with Gasteiger partial charge in [0.2, 0.25) is 0 Å². The Kier molecular flexibility index (Phi) is 5.92. The van der Waals surface area contributed by atoms with Crippen molar-refractivity contribution < 1.29 is 24.0 Å². The van der Waals surface area contributed by atoms with Gasteiger partial charge in [0.05, 0.1) is 12.0 Å². The fourth-order valence-corrected chi connectivity index (χ4v) is 3.09. The molecule has 9 heteroatoms. The molecule has 0 saturated carbocycles. The summed E-state index contributed by atoms with van der Waals surface area (Å²) in [6.45, 7) is 5.88. The van der Waals surface area contributed by atoms with E-state index >= 15 is 0 Å². The van der Waals surface area contributed by atoms with E-state index in [4.69, 9.17) is 9.47 Å². The third-order valence-electron chi connectivity index (χ3n) is 4.35. The highest BCUT2D eigenvalue weighted by molar-refractivity contribution is 5.86. The number of ether oxygens (including phenoxy) is 2. The normalized spacial score (nSPS) is 16.4. The average molecular weight is 379 g/mol. The van der Waals surface area contributed by atoms with Crippen molar-refractivity contribution in [2.45, 2.75) is 44.8 Å². The number of nitro groups is 1. The Bertz CT molecular complexity index is 720. The number of para-hydroxylation sites is 2. The number of alkyl carbamates (subject to hydrolysis) is 1. The van der Waals surface area contributed by atoms with Crippen LogP contribution in [0.15, 0.2) is 24.3 Å². The minimum Gasteiger partial charge on any atom is -0.467 e. The summed E-state index contributed by atoms with van der Waals surface area (Å²) in [6, 6.07) is 6.44. The van der Waals surface area contributed by atoms with E-state index < -0.39 is 28.1 Å². The lowest BCUT2D eigenvalue weighted by Gasteiger charge is -2.40. The molecule has 0 bridgehead atoms. The second kappa shape index (κ2) is 7.81. The van der Waals surface area contributed by atoms with Crippen LogP contribution in [0.1, 0.15) is 33.6 Å². The quantitative estimate of drug-likeness (QED) is 0.486. The summed E-state index contributed by atoms with van der Waals surface area (Å²) in [5.74, 6) is -0.560. The molecular weight excluding hydrogens is 354 g/mol. The summed E-state index contributed by atoms with van der Waals surface area (Å²) in [5, 5.41) is 13.9. The van der Waals surface area contributed by atoms with Crippen molar-refractivity contribution >= 4 is 23.4 Å². The van der Waals surface area contributed by atoms with Gasteiger partial charge in [-0.3, -0.25) is 10.1 Å². The Morgan fingerprint density at radius 3 is 2.33 bits per heavy atom. The van der Waals surface area contributed by atoms with Crippen LogP contribution in [-0.4, -0.2) is 48.3 Å². The van der Waals surface area contributed by atoms with Gasteiger partial charge in [-0.25, -0.2) is 9.59 Å². The Morgan fingerprint density at radius 1 is 1.22 bits per heavy atom. The van der Waals surface area contributed by atoms with Crippen LogP contribution in [0.2, 0.25) is 0 Å². The first-order valence-electron chi connectivity index (χ1n) is 8.66. The number of hydrogen-bond donors (Lipinski definition) is 1. The number of benzene rings is 1. The number of esters is 1. The zero-order valence-electron chi connectivity index (χ0n) is 16.0. The monoisotopic (exact) mass is 379 g/mol. The SMILES string of the molecule is COC(=O)C1(NC(=O)OC(C)(C)C)CCN(c2ccccc2[N+](=O)[O-])CC1. The van der Waals surface area contributed by atoms with Gasteiger partial charge in [0, 0.05) is 19.2 Å². The van der Waals surface area contributed by atoms with Gasteiger partial charge in [0.1, 0.15) is 16.8 Å². The number of nitro benzene ring substituents is 1. The molecule has 1 amide bonds. The van der Waals surface area contributed by atoms with Gasteiger partial charge in [-0.1, -0.05) is 12.1 Å². The minimum absolute atomic E-state index is 0.00293. The Morgan fingerprint density at radius 2 is 1.81 bits per heavy atom. The molecule has 1 N–H and O–H groups in total. The lowest BCUT2D eigenvalue weighted by atomic mass is 9.87. The van der Waals surface area contributed by atoms with Crippen molar-refractivity contribution in [1.29, 1.82) is 0 Å². The molecule has 9 nitrogen and oxygen atoms in total. The Balaban J connectivity index is 2.18. The highest BCUT2D eigenvalue weighted by Gasteiger charge is 2.45. The van der Waals surface area contributed by atoms with Crippen LogP contribution in [-0.2, 0) is 14.3 Å². The first kappa shape index (κ1) is 20.5. The summed E-state index contributed by atoms with van der Waals surface area (Å²) < 4.78 is 10.2. The summed E-state index contributed by atoms with van der Waals surface area (Å²) in [4.78, 5) is 37.2. The fraction of sp³-hybridized carbons (Fsp3) is 0.556. The number of methoxy groups -OCH3 is 1. The van der Waals surface area contributed by atoms with Gasteiger partial charge in [0.15, 0.2) is 0 Å². The first-order chi connectivity index (χ1) is 12.6. The maximum atomic E-state index is 12.4. The van der Waals surface area contributed by atoms with Gasteiger partial charge >= 0.3 is 12.1 Å². The van der Waals surface area contributed by atoms with Gasteiger partial charge in [0.25, 0.3) is 5.69 Å². The number of hydrogen-bond acceptors (Lipinski definition) is 7. The van der Waals surface area contributed by atoms with E-state index in [1.54, 1.807) is 39.0 Å². The van der Waals surface area contributed by atoms with E-state index in [9.17, 15) is 19.7 Å². The zero-order chi connectivity index (χ0) is 20.2. The molecule has 2 rings (SSSR count). The number of rotatable bonds is 4. The van der Waals surface area contributed by atoms with Crippen molar-refractivity contribution in [3.05, 3.63) is 34.4 Å². The van der Waals surface area contributed by atoms with Gasteiger partial charge < -0.3 is 19.7 Å². The van der Waals surface area contributed by atoms with Crippen molar-refractivity contribution in [2.75, 3.05) is 25.1 Å². The van der Waals surface area contributed by atoms with Crippen molar-refractivity contribution in [3.8, 4) is 0 Å². The maximum absolute atomic E-state index is 12.4. The minimum atomic E-state index is -1.23. The molecule has 0 aromatic heterocycles. The zero-order valence-corrected chi connectivity index (χ0v) is 16.0. The van der Waals surface area contributed by atoms with Crippen LogP contribution < -0.4 is 10.2 Å². The fourth-order valence-electron chi connectivity index (χ4n) is 3.09. The number of carbonyl (C=O) groups is 2. The summed E-state index contributed by atoms with van der Waals surface area (Å²) in [7, 11) is 1.26. The second-order valence-electron chi connectivity index (χ2n) is 7.43. The van der Waals surface area contributed by atoms with Crippen LogP contribution in [0.3, 0.4) is 0 Å². The molecule has 1 aromatic carbocycles. The van der Waals surface area contributed by atoms with Crippen molar-refractivity contribution in [3.63, 3.8) is 0 Å². The van der Waals surface area contributed by atoms with E-state index in [1.165, 1.54) is 13.2 Å². The molecule has 1 fully saturated rings. The Hall–Kier alpha value is -2.84. The molecule has 0 unspecified atom stereocenters. The molecule has 1 saturated heterocycles. The number of piperidine rings is 1. The highest BCUT2D eigenvalue weighted by Crippen LogP contribution is 2.33. The van der Waals surface area contributed by atoms with Crippen LogP contribution in [0.25, 0.3) is 0 Å². The molecule has 0 aliphatic carbocycles. The van der Waals surface area contributed by atoms with Crippen molar-refractivity contribution in [1.82, 2.24) is 5.32 Å². The number of carbonyl (C=O) groups excluding carboxylic acids is 2. The number of anilines is 1. The van der Waals surface area contributed by atoms with E-state index in [-0.39, 0.29) is 18.5 Å². The van der Waals surface area contributed by atoms with Crippen LogP contribution in [0.5, 0.6) is 0 Å². The molecule has 0 atom stereocenters. The van der Waals surface area contributed by atoms with E-state index in [1.807, 2.05) is 4.90 Å². The third kappa shape index (κ3) is 4.87. The molecule has 0 radical (unpaired) electrons. The molecule has 1 aromatic rings. The Labute approximate surface area is 157 Å². The molecule has 1 heterocycles. The number of amides is 1. The molecule has 27 heavy (non-hydrogen) atoms. The summed E-state index contributed by atoms with van der Waals surface area (Å²) in [5.41, 5.74) is -1.44. The van der Waals surface area contributed by atoms with Crippen LogP contribution >= 0.6 is 0 Å². The van der Waals surface area contributed by atoms with Crippen LogP contribution in [0.4, 0.5) is 16.2 Å².